The van der Waals surface area contributed by atoms with E-state index in [0.717, 1.165) is 5.56 Å². The van der Waals surface area contributed by atoms with E-state index in [1.807, 2.05) is 6.07 Å². The summed E-state index contributed by atoms with van der Waals surface area (Å²) in [6.45, 7) is 3.41. The second-order valence-electron chi connectivity index (χ2n) is 4.48. The summed E-state index contributed by atoms with van der Waals surface area (Å²) in [5.41, 5.74) is 7.07. The Kier molecular flexibility index (Phi) is 4.34. The zero-order valence-corrected chi connectivity index (χ0v) is 11.6. The van der Waals surface area contributed by atoms with Crippen LogP contribution in [-0.4, -0.2) is 33.9 Å². The second kappa shape index (κ2) is 5.99. The van der Waals surface area contributed by atoms with Crippen LogP contribution in [0.1, 0.15) is 6.92 Å². The number of tetrazole rings is 1. The molecule has 0 fully saturated rings. The molecule has 0 saturated heterocycles. The number of rotatable bonds is 5. The molecule has 1 aromatic carbocycles. The predicted octanol–water partition coefficient (Wildman–Crippen LogP) is 1.86. The fourth-order valence-corrected chi connectivity index (χ4v) is 2.01. The third-order valence-electron chi connectivity index (χ3n) is 2.73. The Morgan fingerprint density at radius 2 is 2.26 bits per heavy atom. The van der Waals surface area contributed by atoms with Gasteiger partial charge in [0.1, 0.15) is 0 Å². The summed E-state index contributed by atoms with van der Waals surface area (Å²) < 4.78 is 6.85. The molecule has 0 bridgehead atoms. The van der Waals surface area contributed by atoms with Gasteiger partial charge >= 0.3 is 0 Å². The van der Waals surface area contributed by atoms with Gasteiger partial charge in [-0.15, -0.1) is 5.10 Å². The van der Waals surface area contributed by atoms with Crippen LogP contribution in [0, 0.1) is 5.92 Å². The van der Waals surface area contributed by atoms with E-state index in [9.17, 15) is 0 Å². The lowest BCUT2D eigenvalue weighted by molar-refractivity contribution is 0.149. The minimum atomic E-state index is 0.316. The molecule has 0 amide bonds. The van der Waals surface area contributed by atoms with Gasteiger partial charge in [0.15, 0.2) is 5.82 Å². The Morgan fingerprint density at radius 1 is 1.47 bits per heavy atom. The lowest BCUT2D eigenvalue weighted by Crippen LogP contribution is -2.14. The monoisotopic (exact) mass is 281 g/mol. The van der Waals surface area contributed by atoms with Crippen LogP contribution in [0.2, 0.25) is 5.02 Å². The molecular weight excluding hydrogens is 266 g/mol. The van der Waals surface area contributed by atoms with Gasteiger partial charge in [-0.05, 0) is 34.5 Å². The summed E-state index contributed by atoms with van der Waals surface area (Å²) in [6, 6.07) is 5.36. The first-order valence-electron chi connectivity index (χ1n) is 5.92. The molecule has 0 aliphatic rings. The van der Waals surface area contributed by atoms with E-state index in [-0.39, 0.29) is 0 Å². The number of halogens is 1. The number of benzene rings is 1. The van der Waals surface area contributed by atoms with Crippen LogP contribution in [0.3, 0.4) is 0 Å². The van der Waals surface area contributed by atoms with Gasteiger partial charge < -0.3 is 10.5 Å². The molecule has 0 saturated carbocycles. The standard InChI is InChI=1S/C12H16ClN5O/c1-8(7-19-2)6-18-12(15-16-17-18)9-3-4-11(14)10(13)5-9/h3-5,8H,6-7,14H2,1-2H3. The van der Waals surface area contributed by atoms with Crippen molar-refractivity contribution in [2.45, 2.75) is 13.5 Å². The number of nitrogens with two attached hydrogens (primary N) is 1. The maximum atomic E-state index is 6.02. The molecule has 1 atom stereocenters. The molecule has 0 aliphatic carbocycles. The van der Waals surface area contributed by atoms with E-state index in [1.54, 1.807) is 23.9 Å². The number of hydrogen-bond donors (Lipinski definition) is 1. The number of anilines is 1. The zero-order chi connectivity index (χ0) is 13.8. The Morgan fingerprint density at radius 3 is 2.95 bits per heavy atom. The van der Waals surface area contributed by atoms with Crippen molar-refractivity contribution in [2.24, 2.45) is 5.92 Å². The topological polar surface area (TPSA) is 78.8 Å². The second-order valence-corrected chi connectivity index (χ2v) is 4.89. The molecular formula is C12H16ClN5O. The first-order valence-corrected chi connectivity index (χ1v) is 6.30. The molecule has 0 spiro atoms. The molecule has 102 valence electrons. The number of nitrogen functional groups attached to an aromatic ring is 1. The van der Waals surface area contributed by atoms with E-state index in [2.05, 4.69) is 22.4 Å². The number of hydrogen-bond acceptors (Lipinski definition) is 5. The van der Waals surface area contributed by atoms with E-state index in [1.165, 1.54) is 0 Å². The van der Waals surface area contributed by atoms with E-state index in [4.69, 9.17) is 22.1 Å². The van der Waals surface area contributed by atoms with Crippen molar-refractivity contribution in [1.29, 1.82) is 0 Å². The van der Waals surface area contributed by atoms with E-state index in [0.29, 0.717) is 35.6 Å². The van der Waals surface area contributed by atoms with Crippen LogP contribution in [-0.2, 0) is 11.3 Å². The van der Waals surface area contributed by atoms with Gasteiger partial charge in [-0.3, -0.25) is 0 Å². The van der Waals surface area contributed by atoms with Crippen LogP contribution in [0.25, 0.3) is 11.4 Å². The Labute approximate surface area is 116 Å². The molecule has 7 heteroatoms. The van der Waals surface area contributed by atoms with Gasteiger partial charge in [-0.25, -0.2) is 4.68 Å². The SMILES string of the molecule is COCC(C)Cn1nnnc1-c1ccc(N)c(Cl)c1. The van der Waals surface area contributed by atoms with Crippen molar-refractivity contribution >= 4 is 17.3 Å². The average molecular weight is 282 g/mol. The summed E-state index contributed by atoms with van der Waals surface area (Å²) in [4.78, 5) is 0. The van der Waals surface area contributed by atoms with Crippen LogP contribution in [0.5, 0.6) is 0 Å². The molecule has 1 unspecified atom stereocenters. The molecule has 2 rings (SSSR count). The summed E-state index contributed by atoms with van der Waals surface area (Å²) in [5.74, 6) is 0.987. The maximum Gasteiger partial charge on any atom is 0.182 e. The lowest BCUT2D eigenvalue weighted by atomic mass is 10.1. The fraction of sp³-hybridized carbons (Fsp3) is 0.417. The number of ether oxygens (including phenoxy) is 1. The minimum Gasteiger partial charge on any atom is -0.398 e. The largest absolute Gasteiger partial charge is 0.398 e. The number of methoxy groups -OCH3 is 1. The van der Waals surface area contributed by atoms with Gasteiger partial charge in [0.05, 0.1) is 17.3 Å². The minimum absolute atomic E-state index is 0.316. The molecule has 0 radical (unpaired) electrons. The quantitative estimate of drug-likeness (QED) is 0.846. The molecule has 1 aromatic heterocycles. The molecule has 19 heavy (non-hydrogen) atoms. The molecule has 2 N–H and O–H groups in total. The Bertz CT molecular complexity index is 557. The van der Waals surface area contributed by atoms with Gasteiger partial charge in [0.2, 0.25) is 0 Å². The van der Waals surface area contributed by atoms with Crippen LogP contribution in [0.15, 0.2) is 18.2 Å². The van der Waals surface area contributed by atoms with Crippen LogP contribution < -0.4 is 5.73 Å². The van der Waals surface area contributed by atoms with Gasteiger partial charge in [-0.1, -0.05) is 18.5 Å². The zero-order valence-electron chi connectivity index (χ0n) is 10.9. The average Bonchev–Trinajstić information content (AvgIpc) is 2.81. The van der Waals surface area contributed by atoms with Crippen molar-refractivity contribution in [2.75, 3.05) is 19.5 Å². The molecule has 1 heterocycles. The highest BCUT2D eigenvalue weighted by Gasteiger charge is 2.12. The number of nitrogens with zero attached hydrogens (tertiary/aromatic N) is 4. The summed E-state index contributed by atoms with van der Waals surface area (Å²) >= 11 is 6.02. The van der Waals surface area contributed by atoms with E-state index >= 15 is 0 Å². The van der Waals surface area contributed by atoms with Crippen molar-refractivity contribution in [1.82, 2.24) is 20.2 Å². The van der Waals surface area contributed by atoms with Crippen LogP contribution >= 0.6 is 11.6 Å². The van der Waals surface area contributed by atoms with Crippen molar-refractivity contribution in [3.8, 4) is 11.4 Å². The number of aromatic nitrogens is 4. The van der Waals surface area contributed by atoms with Gasteiger partial charge in [0, 0.05) is 19.2 Å². The maximum absolute atomic E-state index is 6.02. The molecule has 2 aromatic rings. The predicted molar refractivity (Wildman–Crippen MR) is 73.7 cm³/mol. The Hall–Kier alpha value is -1.66. The van der Waals surface area contributed by atoms with Crippen molar-refractivity contribution in [3.63, 3.8) is 0 Å². The van der Waals surface area contributed by atoms with E-state index < -0.39 is 0 Å². The van der Waals surface area contributed by atoms with Crippen molar-refractivity contribution in [3.05, 3.63) is 23.2 Å². The third-order valence-corrected chi connectivity index (χ3v) is 3.05. The van der Waals surface area contributed by atoms with Gasteiger partial charge in [0.25, 0.3) is 0 Å². The van der Waals surface area contributed by atoms with Crippen molar-refractivity contribution < 1.29 is 4.74 Å². The highest BCUT2D eigenvalue weighted by atomic mass is 35.5. The smallest absolute Gasteiger partial charge is 0.182 e. The third kappa shape index (κ3) is 3.21. The fourth-order valence-electron chi connectivity index (χ4n) is 1.83. The summed E-state index contributed by atoms with van der Waals surface area (Å²) in [7, 11) is 1.68. The summed E-state index contributed by atoms with van der Waals surface area (Å²) in [6.07, 6.45) is 0. The highest BCUT2D eigenvalue weighted by molar-refractivity contribution is 6.33. The normalized spacial score (nSPS) is 12.6. The summed E-state index contributed by atoms with van der Waals surface area (Å²) in [5, 5.41) is 12.2. The highest BCUT2D eigenvalue weighted by Crippen LogP contribution is 2.25. The Balaban J connectivity index is 2.25. The van der Waals surface area contributed by atoms with Crippen LogP contribution in [0.4, 0.5) is 5.69 Å². The first kappa shape index (κ1) is 13.8. The molecule has 0 aliphatic heterocycles. The van der Waals surface area contributed by atoms with Gasteiger partial charge in [-0.2, -0.15) is 0 Å². The lowest BCUT2D eigenvalue weighted by Gasteiger charge is -2.11. The molecule has 6 nitrogen and oxygen atoms in total. The first-order chi connectivity index (χ1) is 9.11.